The molecule has 0 fully saturated rings. The molecule has 2 aromatic heterocycles. The van der Waals surface area contributed by atoms with E-state index in [0.717, 1.165) is 6.42 Å². The van der Waals surface area contributed by atoms with Gasteiger partial charge in [0, 0.05) is 26.3 Å². The summed E-state index contributed by atoms with van der Waals surface area (Å²) in [5.74, 6) is 0.493. The molecule has 2 N–H and O–H groups in total. The summed E-state index contributed by atoms with van der Waals surface area (Å²) in [6.45, 7) is 1.13. The zero-order chi connectivity index (χ0) is 19.1. The van der Waals surface area contributed by atoms with Crippen LogP contribution in [0.5, 0.6) is 0 Å². The van der Waals surface area contributed by atoms with Crippen molar-refractivity contribution in [1.82, 2.24) is 30.0 Å². The average molecular weight is 366 g/mol. The molecule has 140 valence electrons. The molecule has 8 heteroatoms. The Hall–Kier alpha value is -3.42. The van der Waals surface area contributed by atoms with Crippen molar-refractivity contribution in [3.05, 3.63) is 70.8 Å². The first-order valence-corrected chi connectivity index (χ1v) is 8.76. The number of carbonyl (C=O) groups is 1. The molecular weight excluding hydrogens is 344 g/mol. The Morgan fingerprint density at radius 1 is 1.04 bits per heavy atom. The van der Waals surface area contributed by atoms with Crippen LogP contribution < -0.4 is 16.3 Å². The third kappa shape index (κ3) is 4.81. The van der Waals surface area contributed by atoms with Gasteiger partial charge in [0.2, 0.25) is 0 Å². The molecule has 3 aromatic rings. The largest absolute Gasteiger partial charge is 0.346 e. The lowest BCUT2D eigenvalue weighted by Crippen LogP contribution is -2.39. The van der Waals surface area contributed by atoms with Crippen molar-refractivity contribution in [2.45, 2.75) is 13.0 Å². The second-order valence-electron chi connectivity index (χ2n) is 6.02. The second kappa shape index (κ2) is 8.79. The van der Waals surface area contributed by atoms with Gasteiger partial charge in [-0.3, -0.25) is 9.55 Å². The molecule has 0 spiro atoms. The zero-order valence-corrected chi connectivity index (χ0v) is 15.1. The Labute approximate surface area is 156 Å². The average Bonchev–Trinajstić information content (AvgIpc) is 2.98. The molecule has 1 aromatic carbocycles. The molecule has 0 radical (unpaired) electrons. The fraction of sp³-hybridized carbons (Fsp3) is 0.263. The van der Waals surface area contributed by atoms with Gasteiger partial charge in [-0.05, 0) is 24.1 Å². The molecule has 2 heterocycles. The number of amides is 2. The van der Waals surface area contributed by atoms with E-state index < -0.39 is 0 Å². The zero-order valence-electron chi connectivity index (χ0n) is 15.1. The van der Waals surface area contributed by atoms with Crippen LogP contribution in [-0.4, -0.2) is 38.5 Å². The molecular formula is C19H22N6O2. The van der Waals surface area contributed by atoms with E-state index >= 15 is 0 Å². The second-order valence-corrected chi connectivity index (χ2v) is 6.02. The maximum absolute atomic E-state index is 12.3. The van der Waals surface area contributed by atoms with Crippen molar-refractivity contribution in [3.8, 4) is 11.5 Å². The van der Waals surface area contributed by atoms with Crippen molar-refractivity contribution < 1.29 is 4.79 Å². The molecule has 0 aliphatic carbocycles. The van der Waals surface area contributed by atoms with E-state index in [1.165, 1.54) is 14.8 Å². The maximum Gasteiger partial charge on any atom is 0.346 e. The van der Waals surface area contributed by atoms with Crippen LogP contribution >= 0.6 is 0 Å². The summed E-state index contributed by atoms with van der Waals surface area (Å²) in [7, 11) is 1.65. The summed E-state index contributed by atoms with van der Waals surface area (Å²) in [6, 6.07) is 15.1. The summed E-state index contributed by atoms with van der Waals surface area (Å²) >= 11 is 0. The van der Waals surface area contributed by atoms with Crippen LogP contribution in [0.15, 0.2) is 59.5 Å². The van der Waals surface area contributed by atoms with Gasteiger partial charge in [0.1, 0.15) is 5.69 Å². The van der Waals surface area contributed by atoms with E-state index in [2.05, 4.69) is 20.7 Å². The summed E-state index contributed by atoms with van der Waals surface area (Å²) in [5.41, 5.74) is 1.55. The Kier molecular flexibility index (Phi) is 5.98. The van der Waals surface area contributed by atoms with E-state index in [0.29, 0.717) is 24.6 Å². The van der Waals surface area contributed by atoms with Gasteiger partial charge >= 0.3 is 11.7 Å². The highest BCUT2D eigenvalue weighted by atomic mass is 16.2. The molecule has 2 amide bonds. The van der Waals surface area contributed by atoms with Gasteiger partial charge in [0.15, 0.2) is 5.82 Å². The molecule has 0 saturated carbocycles. The van der Waals surface area contributed by atoms with Crippen molar-refractivity contribution in [1.29, 1.82) is 0 Å². The number of nitrogens with zero attached hydrogens (tertiary/aromatic N) is 4. The predicted molar refractivity (Wildman–Crippen MR) is 102 cm³/mol. The standard InChI is InChI=1S/C19H22N6O2/c1-24-17(16-9-5-6-11-20-16)23-25(19(24)27)14-13-22-18(26)21-12-10-15-7-3-2-4-8-15/h2-9,11H,10,12-14H2,1H3,(H2,21,22,26). The molecule has 0 saturated heterocycles. The van der Waals surface area contributed by atoms with E-state index in [-0.39, 0.29) is 18.3 Å². The Balaban J connectivity index is 1.48. The van der Waals surface area contributed by atoms with Crippen molar-refractivity contribution in [2.24, 2.45) is 7.05 Å². The van der Waals surface area contributed by atoms with Gasteiger partial charge in [0.05, 0.1) is 6.54 Å². The fourth-order valence-corrected chi connectivity index (χ4v) is 2.65. The van der Waals surface area contributed by atoms with E-state index in [1.807, 2.05) is 36.4 Å². The van der Waals surface area contributed by atoms with Gasteiger partial charge < -0.3 is 10.6 Å². The van der Waals surface area contributed by atoms with Crippen LogP contribution in [0.25, 0.3) is 11.5 Å². The first-order chi connectivity index (χ1) is 13.1. The molecule has 0 atom stereocenters. The van der Waals surface area contributed by atoms with E-state index in [1.54, 1.807) is 25.4 Å². The summed E-state index contributed by atoms with van der Waals surface area (Å²) in [4.78, 5) is 28.3. The molecule has 0 unspecified atom stereocenters. The first-order valence-electron chi connectivity index (χ1n) is 8.76. The molecule has 0 aliphatic heterocycles. The summed E-state index contributed by atoms with van der Waals surface area (Å²) in [5, 5.41) is 9.85. The minimum Gasteiger partial charge on any atom is -0.338 e. The number of aromatic nitrogens is 4. The SMILES string of the molecule is Cn1c(-c2ccccn2)nn(CCNC(=O)NCCc2ccccc2)c1=O. The summed E-state index contributed by atoms with van der Waals surface area (Å²) < 4.78 is 2.77. The first kappa shape index (κ1) is 18.4. The number of hydrogen-bond donors (Lipinski definition) is 2. The maximum atomic E-state index is 12.3. The Bertz CT molecular complexity index is 934. The van der Waals surface area contributed by atoms with Gasteiger partial charge in [-0.25, -0.2) is 14.3 Å². The quantitative estimate of drug-likeness (QED) is 0.657. The monoisotopic (exact) mass is 366 g/mol. The van der Waals surface area contributed by atoms with E-state index in [9.17, 15) is 9.59 Å². The summed E-state index contributed by atoms with van der Waals surface area (Å²) in [6.07, 6.45) is 2.42. The van der Waals surface area contributed by atoms with Crippen molar-refractivity contribution >= 4 is 6.03 Å². The number of nitrogens with one attached hydrogen (secondary N) is 2. The van der Waals surface area contributed by atoms with Crippen LogP contribution in [0.2, 0.25) is 0 Å². The van der Waals surface area contributed by atoms with Crippen LogP contribution in [-0.2, 0) is 20.0 Å². The van der Waals surface area contributed by atoms with Gasteiger partial charge in [-0.2, -0.15) is 0 Å². The third-order valence-electron chi connectivity index (χ3n) is 4.09. The normalized spacial score (nSPS) is 10.6. The van der Waals surface area contributed by atoms with Crippen LogP contribution in [0, 0.1) is 0 Å². The number of urea groups is 1. The number of carbonyl (C=O) groups excluding carboxylic acids is 1. The number of rotatable bonds is 7. The lowest BCUT2D eigenvalue weighted by Gasteiger charge is -2.07. The highest BCUT2D eigenvalue weighted by molar-refractivity contribution is 5.73. The predicted octanol–water partition coefficient (Wildman–Crippen LogP) is 1.19. The van der Waals surface area contributed by atoms with E-state index in [4.69, 9.17) is 0 Å². The van der Waals surface area contributed by atoms with Crippen molar-refractivity contribution in [2.75, 3.05) is 13.1 Å². The third-order valence-corrected chi connectivity index (χ3v) is 4.09. The van der Waals surface area contributed by atoms with Crippen molar-refractivity contribution in [3.63, 3.8) is 0 Å². The molecule has 27 heavy (non-hydrogen) atoms. The number of benzene rings is 1. The molecule has 0 aliphatic rings. The Morgan fingerprint density at radius 3 is 2.52 bits per heavy atom. The number of hydrogen-bond acceptors (Lipinski definition) is 4. The topological polar surface area (TPSA) is 93.8 Å². The highest BCUT2D eigenvalue weighted by Crippen LogP contribution is 2.10. The smallest absolute Gasteiger partial charge is 0.338 e. The fourth-order valence-electron chi connectivity index (χ4n) is 2.65. The highest BCUT2D eigenvalue weighted by Gasteiger charge is 2.12. The van der Waals surface area contributed by atoms with Gasteiger partial charge in [-0.15, -0.1) is 5.10 Å². The molecule has 8 nitrogen and oxygen atoms in total. The number of pyridine rings is 1. The molecule has 3 rings (SSSR count). The lowest BCUT2D eigenvalue weighted by atomic mass is 10.1. The van der Waals surface area contributed by atoms with Crippen LogP contribution in [0.3, 0.4) is 0 Å². The van der Waals surface area contributed by atoms with Gasteiger partial charge in [-0.1, -0.05) is 36.4 Å². The minimum atomic E-state index is -0.264. The van der Waals surface area contributed by atoms with Crippen LogP contribution in [0.4, 0.5) is 4.79 Å². The molecule has 0 bridgehead atoms. The van der Waals surface area contributed by atoms with Gasteiger partial charge in [0.25, 0.3) is 0 Å². The lowest BCUT2D eigenvalue weighted by molar-refractivity contribution is 0.240. The van der Waals surface area contributed by atoms with Crippen LogP contribution in [0.1, 0.15) is 5.56 Å². The minimum absolute atomic E-state index is 0.248. The Morgan fingerprint density at radius 2 is 1.78 bits per heavy atom.